The number of alkyl halides is 1. The molecule has 84 valence electrons. The molecule has 1 atom stereocenters. The van der Waals surface area contributed by atoms with Gasteiger partial charge in [0.1, 0.15) is 0 Å². The number of hydrogen-bond acceptors (Lipinski definition) is 3. The van der Waals surface area contributed by atoms with Crippen molar-refractivity contribution < 1.29 is 0 Å². The monoisotopic (exact) mass is 339 g/mol. The zero-order valence-corrected chi connectivity index (χ0v) is 11.6. The summed E-state index contributed by atoms with van der Waals surface area (Å²) in [4.78, 5) is 8.36. The van der Waals surface area contributed by atoms with Gasteiger partial charge in [-0.2, -0.15) is 0 Å². The molecule has 0 fully saturated rings. The zero-order valence-electron chi connectivity index (χ0n) is 8.71. The van der Waals surface area contributed by atoms with Crippen LogP contribution in [-0.4, -0.2) is 22.4 Å². The summed E-state index contributed by atoms with van der Waals surface area (Å²) < 4.78 is 1.05. The van der Waals surface area contributed by atoms with Crippen LogP contribution in [0, 0.1) is 9.49 Å². The topological polar surface area (TPSA) is 37.8 Å². The Bertz CT molecular complexity index is 279. The molecule has 0 bridgehead atoms. The van der Waals surface area contributed by atoms with Gasteiger partial charge in [0, 0.05) is 28.4 Å². The fraction of sp³-hybridized carbons (Fsp3) is 0.600. The molecule has 0 aromatic carbocycles. The number of nitrogens with one attached hydrogen (secondary N) is 1. The molecule has 0 radical (unpaired) electrons. The molecular formula is C10H15ClIN3. The lowest BCUT2D eigenvalue weighted by Crippen LogP contribution is -2.15. The maximum Gasteiger partial charge on any atom is 0.222 e. The van der Waals surface area contributed by atoms with E-state index in [4.69, 9.17) is 11.6 Å². The second kappa shape index (κ2) is 7.22. The van der Waals surface area contributed by atoms with Crippen molar-refractivity contribution in [1.29, 1.82) is 0 Å². The van der Waals surface area contributed by atoms with Gasteiger partial charge >= 0.3 is 0 Å². The van der Waals surface area contributed by atoms with Crippen LogP contribution in [0.5, 0.6) is 0 Å². The largest absolute Gasteiger partial charge is 0.354 e. The van der Waals surface area contributed by atoms with Gasteiger partial charge in [-0.25, -0.2) is 9.97 Å². The lowest BCUT2D eigenvalue weighted by Gasteiger charge is -2.13. The minimum Gasteiger partial charge on any atom is -0.354 e. The lowest BCUT2D eigenvalue weighted by molar-refractivity contribution is 0.520. The Morgan fingerprint density at radius 3 is 2.67 bits per heavy atom. The molecule has 0 aliphatic heterocycles. The Balaban J connectivity index is 2.38. The molecule has 1 heterocycles. The van der Waals surface area contributed by atoms with Crippen LogP contribution in [0.3, 0.4) is 0 Å². The number of nitrogens with zero attached hydrogens (tertiary/aromatic N) is 2. The van der Waals surface area contributed by atoms with E-state index in [1.807, 2.05) is 0 Å². The van der Waals surface area contributed by atoms with Gasteiger partial charge in [-0.1, -0.05) is 13.3 Å². The molecular weight excluding hydrogens is 324 g/mol. The van der Waals surface area contributed by atoms with E-state index < -0.39 is 0 Å². The van der Waals surface area contributed by atoms with Crippen molar-refractivity contribution in [3.63, 3.8) is 0 Å². The summed E-state index contributed by atoms with van der Waals surface area (Å²) in [7, 11) is 0. The second-order valence-electron chi connectivity index (χ2n) is 3.36. The van der Waals surface area contributed by atoms with Gasteiger partial charge in [0.2, 0.25) is 5.95 Å². The molecule has 1 rings (SSSR count). The fourth-order valence-electron chi connectivity index (χ4n) is 1.24. The summed E-state index contributed by atoms with van der Waals surface area (Å²) in [5, 5.41) is 3.22. The molecule has 0 saturated carbocycles. The Morgan fingerprint density at radius 1 is 1.47 bits per heavy atom. The van der Waals surface area contributed by atoms with Gasteiger partial charge in [-0.15, -0.1) is 11.6 Å². The van der Waals surface area contributed by atoms with Crippen LogP contribution in [-0.2, 0) is 0 Å². The second-order valence-corrected chi connectivity index (χ2v) is 4.98. The van der Waals surface area contributed by atoms with Crippen molar-refractivity contribution in [2.24, 2.45) is 5.92 Å². The lowest BCUT2D eigenvalue weighted by atomic mass is 10.0. The highest BCUT2D eigenvalue weighted by atomic mass is 127. The van der Waals surface area contributed by atoms with E-state index in [9.17, 15) is 0 Å². The van der Waals surface area contributed by atoms with Crippen molar-refractivity contribution in [2.75, 3.05) is 17.7 Å². The molecule has 1 unspecified atom stereocenters. The number of aromatic nitrogens is 2. The third-order valence-corrected chi connectivity index (χ3v) is 3.04. The maximum absolute atomic E-state index is 5.72. The van der Waals surface area contributed by atoms with Crippen LogP contribution < -0.4 is 5.32 Å². The molecule has 5 heteroatoms. The van der Waals surface area contributed by atoms with Crippen LogP contribution in [0.1, 0.15) is 19.8 Å². The minimum atomic E-state index is 0.602. The fourth-order valence-corrected chi connectivity index (χ4v) is 1.83. The van der Waals surface area contributed by atoms with Crippen molar-refractivity contribution in [2.45, 2.75) is 19.8 Å². The van der Waals surface area contributed by atoms with Gasteiger partial charge in [-0.3, -0.25) is 0 Å². The molecule has 0 aliphatic carbocycles. The third-order valence-electron chi connectivity index (χ3n) is 2.26. The molecule has 0 amide bonds. The standard InChI is InChI=1S/C10H15ClIN3/c1-2-8(3-4-11)5-13-10-14-6-9(12)7-15-10/h6-8H,2-5H2,1H3,(H,13,14,15). The first kappa shape index (κ1) is 13.0. The van der Waals surface area contributed by atoms with Crippen molar-refractivity contribution in [3.8, 4) is 0 Å². The average Bonchev–Trinajstić information content (AvgIpc) is 2.26. The van der Waals surface area contributed by atoms with Crippen molar-refractivity contribution in [3.05, 3.63) is 16.0 Å². The Hall–Kier alpha value is -0.100. The van der Waals surface area contributed by atoms with Crippen molar-refractivity contribution in [1.82, 2.24) is 9.97 Å². The van der Waals surface area contributed by atoms with E-state index in [0.717, 1.165) is 23.0 Å². The first-order chi connectivity index (χ1) is 7.26. The van der Waals surface area contributed by atoms with E-state index in [2.05, 4.69) is 44.8 Å². The number of halogens is 2. The number of anilines is 1. The van der Waals surface area contributed by atoms with E-state index in [1.165, 1.54) is 0 Å². The van der Waals surface area contributed by atoms with Gasteiger partial charge in [0.05, 0.1) is 0 Å². The van der Waals surface area contributed by atoms with Gasteiger partial charge in [0.15, 0.2) is 0 Å². The van der Waals surface area contributed by atoms with Crippen LogP contribution in [0.2, 0.25) is 0 Å². The molecule has 0 aliphatic rings. The van der Waals surface area contributed by atoms with Crippen LogP contribution >= 0.6 is 34.2 Å². The molecule has 0 spiro atoms. The molecule has 1 aromatic heterocycles. The molecule has 15 heavy (non-hydrogen) atoms. The van der Waals surface area contributed by atoms with Crippen LogP contribution in [0.25, 0.3) is 0 Å². The Labute approximate surface area is 109 Å². The highest BCUT2D eigenvalue weighted by molar-refractivity contribution is 14.1. The predicted octanol–water partition coefficient (Wildman–Crippen LogP) is 3.15. The summed E-state index contributed by atoms with van der Waals surface area (Å²) in [6.45, 7) is 3.07. The molecule has 3 nitrogen and oxygen atoms in total. The summed E-state index contributed by atoms with van der Waals surface area (Å²) in [6, 6.07) is 0. The van der Waals surface area contributed by atoms with E-state index in [-0.39, 0.29) is 0 Å². The number of hydrogen-bond donors (Lipinski definition) is 1. The quantitative estimate of drug-likeness (QED) is 0.639. The SMILES string of the molecule is CCC(CCCl)CNc1ncc(I)cn1. The highest BCUT2D eigenvalue weighted by Crippen LogP contribution is 2.10. The normalized spacial score (nSPS) is 12.5. The van der Waals surface area contributed by atoms with Gasteiger partial charge in [-0.05, 0) is 34.9 Å². The summed E-state index contributed by atoms with van der Waals surface area (Å²) in [6.07, 6.45) is 5.77. The smallest absolute Gasteiger partial charge is 0.222 e. The van der Waals surface area contributed by atoms with Gasteiger partial charge in [0.25, 0.3) is 0 Å². The Kier molecular flexibility index (Phi) is 6.24. The first-order valence-electron chi connectivity index (χ1n) is 5.03. The highest BCUT2D eigenvalue weighted by Gasteiger charge is 2.05. The minimum absolute atomic E-state index is 0.602. The molecule has 1 N–H and O–H groups in total. The predicted molar refractivity (Wildman–Crippen MR) is 72.4 cm³/mol. The van der Waals surface area contributed by atoms with E-state index in [0.29, 0.717) is 17.7 Å². The molecule has 0 saturated heterocycles. The van der Waals surface area contributed by atoms with Crippen LogP contribution in [0.4, 0.5) is 5.95 Å². The first-order valence-corrected chi connectivity index (χ1v) is 6.65. The summed E-state index contributed by atoms with van der Waals surface area (Å²) in [5.41, 5.74) is 0. The number of rotatable bonds is 6. The summed E-state index contributed by atoms with van der Waals surface area (Å²) in [5.74, 6) is 2.02. The maximum atomic E-state index is 5.72. The van der Waals surface area contributed by atoms with E-state index >= 15 is 0 Å². The zero-order chi connectivity index (χ0) is 11.1. The Morgan fingerprint density at radius 2 is 2.13 bits per heavy atom. The third kappa shape index (κ3) is 4.97. The average molecular weight is 340 g/mol. The van der Waals surface area contributed by atoms with Gasteiger partial charge < -0.3 is 5.32 Å². The summed E-state index contributed by atoms with van der Waals surface area (Å²) >= 11 is 7.91. The molecule has 1 aromatic rings. The van der Waals surface area contributed by atoms with Crippen LogP contribution in [0.15, 0.2) is 12.4 Å². The van der Waals surface area contributed by atoms with E-state index in [1.54, 1.807) is 12.4 Å². The van der Waals surface area contributed by atoms with Crippen molar-refractivity contribution >= 4 is 40.1 Å².